The number of phosphoric ester groups is 2. The molecule has 0 saturated carbocycles. The van der Waals surface area contributed by atoms with Gasteiger partial charge in [0.05, 0.1) is 38.8 Å². The van der Waals surface area contributed by atoms with Gasteiger partial charge in [-0.05, 0) is 0 Å². The number of aliphatic hydroxyl groups excluding tert-OH is 1. The molecule has 2 fully saturated rings. The number of methoxy groups -OCH3 is 1. The van der Waals surface area contributed by atoms with Crippen molar-refractivity contribution in [2.24, 2.45) is 13.0 Å². The first kappa shape index (κ1) is 41.8. The van der Waals surface area contributed by atoms with E-state index in [0.717, 1.165) is 0 Å². The Morgan fingerprint density at radius 2 is 1.70 bits per heavy atom. The summed E-state index contributed by atoms with van der Waals surface area (Å²) in [5, 5.41) is 11.3. The van der Waals surface area contributed by atoms with Crippen molar-refractivity contribution in [3.63, 3.8) is 0 Å². The lowest BCUT2D eigenvalue weighted by Crippen LogP contribution is -2.34. The molecule has 4 aromatic rings. The van der Waals surface area contributed by atoms with Gasteiger partial charge >= 0.3 is 29.0 Å². The largest absolute Gasteiger partial charge is 0.490 e. The molecule has 2 aliphatic rings. The monoisotopic (exact) mass is 854 g/mol. The van der Waals surface area contributed by atoms with Crippen molar-refractivity contribution >= 4 is 63.5 Å². The molecule has 1 amide bonds. The topological polar surface area (TPSA) is 367 Å². The van der Waals surface area contributed by atoms with Crippen LogP contribution in [0.2, 0.25) is 0 Å². The van der Waals surface area contributed by atoms with Gasteiger partial charge in [-0.1, -0.05) is 0 Å². The van der Waals surface area contributed by atoms with Crippen molar-refractivity contribution < 1.29 is 74.7 Å². The number of rotatable bonds is 15. The number of nitrogens with two attached hydrogens (primary N) is 2. The molecule has 9 N–H and O–H groups in total. The second-order valence-corrected chi connectivity index (χ2v) is 17.5. The van der Waals surface area contributed by atoms with Gasteiger partial charge < -0.3 is 50.4 Å². The lowest BCUT2D eigenvalue weighted by Gasteiger charge is -2.22. The number of anilines is 2. The molecule has 6 rings (SSSR count). The Morgan fingerprint density at radius 1 is 1.02 bits per heavy atom. The van der Waals surface area contributed by atoms with Gasteiger partial charge in [-0.2, -0.15) is 18.2 Å². The second-order valence-electron chi connectivity index (χ2n) is 12.9. The van der Waals surface area contributed by atoms with Crippen LogP contribution in [0.5, 0.6) is 0 Å². The number of H-pyrrole nitrogens is 1. The Bertz CT molecular complexity index is 2320. The highest BCUT2D eigenvalue weighted by molar-refractivity contribution is 7.66. The molecule has 0 aromatic carbocycles. The van der Waals surface area contributed by atoms with Crippen molar-refractivity contribution in [1.29, 1.82) is 0 Å². The quantitative estimate of drug-likeness (QED) is 0.0532. The zero-order chi connectivity index (χ0) is 40.9. The summed E-state index contributed by atoms with van der Waals surface area (Å²) in [5.41, 5.74) is 11.6. The molecule has 4 unspecified atom stereocenters. The Hall–Kier alpha value is -3.78. The van der Waals surface area contributed by atoms with Crippen LogP contribution in [0.1, 0.15) is 25.3 Å². The fourth-order valence-electron chi connectivity index (χ4n) is 6.28. The van der Waals surface area contributed by atoms with Gasteiger partial charge in [0.2, 0.25) is 24.4 Å². The molecule has 30 heteroatoms. The average Bonchev–Trinajstić information content (AvgIpc) is 3.86. The second kappa shape index (κ2) is 15.9. The van der Waals surface area contributed by atoms with Crippen LogP contribution >= 0.6 is 23.5 Å². The Kier molecular flexibility index (Phi) is 11.9. The zero-order valence-corrected chi connectivity index (χ0v) is 32.5. The fraction of sp³-hybridized carbons (Fsp3) is 0.577. The van der Waals surface area contributed by atoms with Gasteiger partial charge in [0.1, 0.15) is 24.1 Å². The van der Waals surface area contributed by atoms with Crippen LogP contribution < -0.4 is 21.6 Å². The van der Waals surface area contributed by atoms with E-state index in [0.29, 0.717) is 11.2 Å². The summed E-state index contributed by atoms with van der Waals surface area (Å²) in [6, 6.07) is 0. The summed E-state index contributed by atoms with van der Waals surface area (Å²) < 4.78 is 77.9. The van der Waals surface area contributed by atoms with Crippen LogP contribution in [0.3, 0.4) is 0 Å². The summed E-state index contributed by atoms with van der Waals surface area (Å²) in [7, 11) is -11.2. The lowest BCUT2D eigenvalue weighted by molar-refractivity contribution is -0.646. The minimum Gasteiger partial charge on any atom is -0.386 e. The van der Waals surface area contributed by atoms with Crippen LogP contribution in [0, 0.1) is 5.92 Å². The predicted octanol–water partition coefficient (Wildman–Crippen LogP) is -1.42. The third-order valence-corrected chi connectivity index (χ3v) is 13.1. The van der Waals surface area contributed by atoms with E-state index in [1.165, 1.54) is 65.8 Å². The first-order valence-corrected chi connectivity index (χ1v) is 20.8. The molecule has 10 atom stereocenters. The number of aromatic amines is 1. The first-order chi connectivity index (χ1) is 26.2. The minimum atomic E-state index is -5.91. The molecular formula is C26H39N11O16P3+. The summed E-state index contributed by atoms with van der Waals surface area (Å²) in [4.78, 5) is 75.9. The van der Waals surface area contributed by atoms with Crippen LogP contribution in [0.25, 0.3) is 22.3 Å². The number of amides is 1. The standard InChI is InChI=1S/C26H38N11O16P3/c1-34(2)16(38)6-13-15(51-25(19(13)39)37-11-35(3)18-22(37)32-26(28)33-23(18)40)8-49-55(43,44)53-56(45,46)52-54(41,42)48-7-12-5-14(47-4)24(50-12)36-10-31-17-20(27)29-9-30-21(17)36/h9-15,19,24-25,39H,5-8H2,1-4H3,(H7-,27,28,29,30,32,33,40,41,42,43,44,45,46)/p+1/t12?,13-,14-,15-,19-,24-,25-/m1/s1. The van der Waals surface area contributed by atoms with Crippen molar-refractivity contribution in [3.8, 4) is 0 Å². The van der Waals surface area contributed by atoms with E-state index in [1.54, 1.807) is 0 Å². The van der Waals surface area contributed by atoms with E-state index in [-0.39, 0.29) is 35.8 Å². The van der Waals surface area contributed by atoms with E-state index in [9.17, 15) is 43.1 Å². The number of phosphoric acid groups is 3. The molecule has 2 aliphatic heterocycles. The molecule has 4 aromatic heterocycles. The fourth-order valence-corrected chi connectivity index (χ4v) is 9.82. The van der Waals surface area contributed by atoms with Crippen molar-refractivity contribution in [2.45, 2.75) is 49.7 Å². The average molecular weight is 855 g/mol. The number of carbonyl (C=O) groups is 1. The highest BCUT2D eigenvalue weighted by Gasteiger charge is 2.51. The Morgan fingerprint density at radius 3 is 2.36 bits per heavy atom. The molecule has 0 aliphatic carbocycles. The number of carbonyl (C=O) groups excluding carboxylic acids is 1. The number of fused-ring (bicyclic) bond motifs is 2. The summed E-state index contributed by atoms with van der Waals surface area (Å²) in [5.74, 6) is -1.74. The van der Waals surface area contributed by atoms with Crippen LogP contribution in [0.4, 0.5) is 11.8 Å². The van der Waals surface area contributed by atoms with Crippen molar-refractivity contribution in [3.05, 3.63) is 29.3 Å². The Labute approximate surface area is 314 Å². The molecule has 0 spiro atoms. The SMILES string of the molecule is CO[C@@H]1CC(COP(=O)(O)OP(=O)(O)OP(=O)(O)OC[C@H]2O[C@@H](n3c[n+](C)c4c(=O)[nH]c(N)nc43)[C@H](O)[C@@H]2CC(=O)N(C)C)O[C@H]1n1cnc2c(N)ncnc21. The highest BCUT2D eigenvalue weighted by Crippen LogP contribution is 2.68. The molecule has 0 radical (unpaired) electrons. The number of hydrogen-bond donors (Lipinski definition) is 7. The molecule has 2 saturated heterocycles. The maximum atomic E-state index is 12.9. The van der Waals surface area contributed by atoms with E-state index < -0.39 is 90.9 Å². The van der Waals surface area contributed by atoms with Crippen LogP contribution in [-0.2, 0) is 57.4 Å². The van der Waals surface area contributed by atoms with E-state index in [4.69, 9.17) is 34.7 Å². The minimum absolute atomic E-state index is 0.00689. The van der Waals surface area contributed by atoms with E-state index in [2.05, 4.69) is 33.5 Å². The molecule has 27 nitrogen and oxygen atoms in total. The van der Waals surface area contributed by atoms with E-state index >= 15 is 0 Å². The highest BCUT2D eigenvalue weighted by atomic mass is 31.3. The smallest absolute Gasteiger partial charge is 0.386 e. The van der Waals surface area contributed by atoms with Gasteiger partial charge in [-0.3, -0.25) is 28.2 Å². The van der Waals surface area contributed by atoms with Gasteiger partial charge in [0.15, 0.2) is 17.7 Å². The number of aryl methyl sites for hydroxylation is 1. The number of nitrogens with one attached hydrogen (secondary N) is 1. The number of nitrogens with zero attached hydrogens (tertiary/aromatic N) is 8. The number of hydrogen-bond acceptors (Lipinski definition) is 19. The predicted molar refractivity (Wildman–Crippen MR) is 185 cm³/mol. The first-order valence-electron chi connectivity index (χ1n) is 16.3. The number of ether oxygens (including phenoxy) is 3. The number of aliphatic hydroxyl groups is 1. The molecular weight excluding hydrogens is 815 g/mol. The molecule has 0 bridgehead atoms. The van der Waals surface area contributed by atoms with Crippen LogP contribution in [-0.4, -0.2) is 123 Å². The normalized spacial score (nSPS) is 27.3. The molecule has 6 heterocycles. The van der Waals surface area contributed by atoms with Crippen molar-refractivity contribution in [1.82, 2.24) is 39.0 Å². The number of nitrogen functional groups attached to an aromatic ring is 2. The summed E-state index contributed by atoms with van der Waals surface area (Å²) >= 11 is 0. The number of aromatic nitrogens is 8. The molecule has 56 heavy (non-hydrogen) atoms. The third kappa shape index (κ3) is 8.85. The molecule has 308 valence electrons. The van der Waals surface area contributed by atoms with Gasteiger partial charge in [-0.25, -0.2) is 33.2 Å². The van der Waals surface area contributed by atoms with Crippen molar-refractivity contribution in [2.75, 3.05) is 45.9 Å². The van der Waals surface area contributed by atoms with Gasteiger partial charge in [-0.15, -0.1) is 0 Å². The van der Waals surface area contributed by atoms with Crippen LogP contribution in [0.15, 0.2) is 23.8 Å². The maximum Gasteiger partial charge on any atom is 0.490 e. The third-order valence-electron chi connectivity index (χ3n) is 8.84. The summed E-state index contributed by atoms with van der Waals surface area (Å²) in [6.45, 7) is -1.63. The zero-order valence-electron chi connectivity index (χ0n) is 29.9. The summed E-state index contributed by atoms with van der Waals surface area (Å²) in [6.07, 6.45) is -3.00. The lowest BCUT2D eigenvalue weighted by atomic mass is 9.94. The maximum absolute atomic E-state index is 12.9. The number of imidazole rings is 2. The van der Waals surface area contributed by atoms with Gasteiger partial charge in [0.25, 0.3) is 11.2 Å². The van der Waals surface area contributed by atoms with Gasteiger partial charge in [0, 0.05) is 40.0 Å². The Balaban J connectivity index is 1.09. The van der Waals surface area contributed by atoms with E-state index in [1.807, 2.05) is 0 Å².